The van der Waals surface area contributed by atoms with E-state index < -0.39 is 0 Å². The molecule has 1 fully saturated rings. The Morgan fingerprint density at radius 2 is 1.83 bits per heavy atom. The smallest absolute Gasteiger partial charge is 0.251 e. The molecule has 2 N–H and O–H groups in total. The molecule has 0 heterocycles. The average Bonchev–Trinajstić information content (AvgIpc) is 2.57. The maximum absolute atomic E-state index is 12.1. The van der Waals surface area contributed by atoms with Crippen molar-refractivity contribution in [3.8, 4) is 5.75 Å². The van der Waals surface area contributed by atoms with E-state index in [1.165, 1.54) is 32.1 Å². The summed E-state index contributed by atoms with van der Waals surface area (Å²) >= 11 is 0. The Bertz CT molecular complexity index is 537. The zero-order valence-electron chi connectivity index (χ0n) is 14.5. The molecule has 5 heteroatoms. The number of methoxy groups -OCH3 is 1. The lowest BCUT2D eigenvalue weighted by Gasteiger charge is -2.21. The Balaban J connectivity index is 1.70. The zero-order valence-corrected chi connectivity index (χ0v) is 14.5. The molecule has 5 nitrogen and oxygen atoms in total. The molecule has 0 radical (unpaired) electrons. The molecule has 1 aliphatic carbocycles. The van der Waals surface area contributed by atoms with Gasteiger partial charge in [0, 0.05) is 24.6 Å². The first-order chi connectivity index (χ1) is 11.7. The Morgan fingerprint density at radius 1 is 1.12 bits per heavy atom. The minimum Gasteiger partial charge on any atom is -0.497 e. The molecule has 0 aliphatic heterocycles. The van der Waals surface area contributed by atoms with Gasteiger partial charge in [-0.2, -0.15) is 0 Å². The number of rotatable bonds is 6. The molecule has 0 atom stereocenters. The second-order valence-corrected chi connectivity index (χ2v) is 6.35. The number of hydrogen-bond donors (Lipinski definition) is 2. The topological polar surface area (TPSA) is 67.4 Å². The molecule has 0 saturated heterocycles. The van der Waals surface area contributed by atoms with E-state index in [9.17, 15) is 9.59 Å². The molecule has 1 aromatic rings. The zero-order chi connectivity index (χ0) is 17.2. The number of carbonyl (C=O) groups is 2. The van der Waals surface area contributed by atoms with E-state index in [-0.39, 0.29) is 11.8 Å². The third-order valence-corrected chi connectivity index (χ3v) is 4.44. The molecule has 132 valence electrons. The lowest BCUT2D eigenvalue weighted by molar-refractivity contribution is -0.121. The fourth-order valence-corrected chi connectivity index (χ4v) is 3.06. The SMILES string of the molecule is COc1cccc(C(=O)NCCC(=O)NC2CCCCCCC2)c1. The monoisotopic (exact) mass is 332 g/mol. The first-order valence-electron chi connectivity index (χ1n) is 8.90. The third-order valence-electron chi connectivity index (χ3n) is 4.44. The van der Waals surface area contributed by atoms with Gasteiger partial charge in [-0.25, -0.2) is 0 Å². The first kappa shape index (κ1) is 18.3. The number of nitrogens with one attached hydrogen (secondary N) is 2. The van der Waals surface area contributed by atoms with E-state index in [0.29, 0.717) is 30.3 Å². The Morgan fingerprint density at radius 3 is 2.54 bits per heavy atom. The van der Waals surface area contributed by atoms with Crippen molar-refractivity contribution >= 4 is 11.8 Å². The summed E-state index contributed by atoms with van der Waals surface area (Å²) in [6.45, 7) is 0.342. The largest absolute Gasteiger partial charge is 0.497 e. The predicted octanol–water partition coefficient (Wildman–Crippen LogP) is 3.04. The lowest BCUT2D eigenvalue weighted by atomic mass is 9.96. The molecular weight excluding hydrogens is 304 g/mol. The first-order valence-corrected chi connectivity index (χ1v) is 8.90. The van der Waals surface area contributed by atoms with Gasteiger partial charge in [0.1, 0.15) is 5.75 Å². The normalized spacial score (nSPS) is 15.9. The van der Waals surface area contributed by atoms with Crippen molar-refractivity contribution < 1.29 is 14.3 Å². The van der Waals surface area contributed by atoms with Crippen molar-refractivity contribution in [3.63, 3.8) is 0 Å². The van der Waals surface area contributed by atoms with Gasteiger partial charge in [0.2, 0.25) is 5.91 Å². The summed E-state index contributed by atoms with van der Waals surface area (Å²) in [5, 5.41) is 5.89. The van der Waals surface area contributed by atoms with Gasteiger partial charge in [-0.05, 0) is 31.0 Å². The standard InChI is InChI=1S/C19H28N2O3/c1-24-17-11-7-8-15(14-17)19(23)20-13-12-18(22)21-16-9-5-3-2-4-6-10-16/h7-8,11,14,16H,2-6,9-10,12-13H2,1H3,(H,20,23)(H,21,22). The van der Waals surface area contributed by atoms with E-state index >= 15 is 0 Å². The van der Waals surface area contributed by atoms with Crippen LogP contribution >= 0.6 is 0 Å². The molecule has 1 saturated carbocycles. The molecular formula is C19H28N2O3. The lowest BCUT2D eigenvalue weighted by Crippen LogP contribution is -2.37. The van der Waals surface area contributed by atoms with Crippen molar-refractivity contribution in [1.82, 2.24) is 10.6 Å². The van der Waals surface area contributed by atoms with Crippen LogP contribution in [0.5, 0.6) is 5.75 Å². The van der Waals surface area contributed by atoms with Gasteiger partial charge in [-0.1, -0.05) is 38.2 Å². The van der Waals surface area contributed by atoms with E-state index in [2.05, 4.69) is 10.6 Å². The van der Waals surface area contributed by atoms with Gasteiger partial charge in [0.15, 0.2) is 0 Å². The maximum atomic E-state index is 12.1. The van der Waals surface area contributed by atoms with E-state index in [4.69, 9.17) is 4.74 Å². The number of benzene rings is 1. The van der Waals surface area contributed by atoms with Crippen LogP contribution in [0.15, 0.2) is 24.3 Å². The van der Waals surface area contributed by atoms with Crippen LogP contribution in [0.4, 0.5) is 0 Å². The second kappa shape index (κ2) is 9.96. The van der Waals surface area contributed by atoms with Gasteiger partial charge in [-0.3, -0.25) is 9.59 Å². The highest BCUT2D eigenvalue weighted by molar-refractivity contribution is 5.94. The summed E-state index contributed by atoms with van der Waals surface area (Å²) in [6.07, 6.45) is 8.69. The molecule has 24 heavy (non-hydrogen) atoms. The van der Waals surface area contributed by atoms with Gasteiger partial charge in [0.05, 0.1) is 7.11 Å². The van der Waals surface area contributed by atoms with Gasteiger partial charge < -0.3 is 15.4 Å². The molecule has 0 aromatic heterocycles. The van der Waals surface area contributed by atoms with Gasteiger partial charge >= 0.3 is 0 Å². The Kier molecular flexibility index (Phi) is 7.59. The predicted molar refractivity (Wildman–Crippen MR) is 94.2 cm³/mol. The molecule has 0 bridgehead atoms. The Hall–Kier alpha value is -2.04. The molecule has 1 aromatic carbocycles. The fraction of sp³-hybridized carbons (Fsp3) is 0.579. The quantitative estimate of drug-likeness (QED) is 0.841. The van der Waals surface area contributed by atoms with Crippen molar-refractivity contribution in [2.45, 2.75) is 57.4 Å². The second-order valence-electron chi connectivity index (χ2n) is 6.35. The minimum atomic E-state index is -0.187. The number of ether oxygens (including phenoxy) is 1. The third kappa shape index (κ3) is 6.22. The summed E-state index contributed by atoms with van der Waals surface area (Å²) in [7, 11) is 1.57. The van der Waals surface area contributed by atoms with Gasteiger partial charge in [0.25, 0.3) is 5.91 Å². The summed E-state index contributed by atoms with van der Waals surface area (Å²) in [4.78, 5) is 24.1. The van der Waals surface area contributed by atoms with Gasteiger partial charge in [-0.15, -0.1) is 0 Å². The van der Waals surface area contributed by atoms with Crippen molar-refractivity contribution in [3.05, 3.63) is 29.8 Å². The van der Waals surface area contributed by atoms with Crippen LogP contribution in [0.2, 0.25) is 0 Å². The molecule has 2 rings (SSSR count). The highest BCUT2D eigenvalue weighted by atomic mass is 16.5. The van der Waals surface area contributed by atoms with Crippen LogP contribution in [0, 0.1) is 0 Å². The summed E-state index contributed by atoms with van der Waals surface area (Å²) in [5.74, 6) is 0.476. The molecule has 2 amide bonds. The summed E-state index contributed by atoms with van der Waals surface area (Å²) in [5.41, 5.74) is 0.537. The summed E-state index contributed by atoms with van der Waals surface area (Å²) < 4.78 is 5.11. The number of hydrogen-bond acceptors (Lipinski definition) is 3. The van der Waals surface area contributed by atoms with Crippen LogP contribution < -0.4 is 15.4 Å². The Labute approximate surface area is 144 Å². The number of carbonyl (C=O) groups excluding carboxylic acids is 2. The molecule has 0 unspecified atom stereocenters. The van der Waals surface area contributed by atoms with E-state index in [0.717, 1.165) is 12.8 Å². The van der Waals surface area contributed by atoms with Crippen LogP contribution in [0.25, 0.3) is 0 Å². The highest BCUT2D eigenvalue weighted by Crippen LogP contribution is 2.17. The average molecular weight is 332 g/mol. The van der Waals surface area contributed by atoms with Crippen LogP contribution in [-0.4, -0.2) is 31.5 Å². The summed E-state index contributed by atoms with van der Waals surface area (Å²) in [6, 6.07) is 7.27. The highest BCUT2D eigenvalue weighted by Gasteiger charge is 2.14. The maximum Gasteiger partial charge on any atom is 0.251 e. The van der Waals surface area contributed by atoms with Crippen molar-refractivity contribution in [1.29, 1.82) is 0 Å². The van der Waals surface area contributed by atoms with Crippen molar-refractivity contribution in [2.75, 3.05) is 13.7 Å². The minimum absolute atomic E-state index is 0.0199. The van der Waals surface area contributed by atoms with Crippen LogP contribution in [0.1, 0.15) is 61.7 Å². The van der Waals surface area contributed by atoms with Crippen LogP contribution in [-0.2, 0) is 4.79 Å². The molecule has 1 aliphatic rings. The van der Waals surface area contributed by atoms with Crippen LogP contribution in [0.3, 0.4) is 0 Å². The van der Waals surface area contributed by atoms with E-state index in [1.807, 2.05) is 0 Å². The molecule has 0 spiro atoms. The fourth-order valence-electron chi connectivity index (χ4n) is 3.06. The number of amides is 2. The van der Waals surface area contributed by atoms with E-state index in [1.54, 1.807) is 31.4 Å². The van der Waals surface area contributed by atoms with Crippen molar-refractivity contribution in [2.24, 2.45) is 0 Å².